The molecule has 0 aliphatic heterocycles. The zero-order chi connectivity index (χ0) is 13.8. The first-order valence-electron chi connectivity index (χ1n) is 6.27. The smallest absolute Gasteiger partial charge is 0.120 e. The van der Waals surface area contributed by atoms with Crippen LogP contribution in [0, 0.1) is 13.8 Å². The molecule has 0 fully saturated rings. The van der Waals surface area contributed by atoms with Gasteiger partial charge in [0.25, 0.3) is 0 Å². The molecule has 0 spiro atoms. The number of rotatable bonds is 4. The zero-order valence-electron chi connectivity index (χ0n) is 11.2. The van der Waals surface area contributed by atoms with Crippen molar-refractivity contribution in [1.29, 1.82) is 0 Å². The van der Waals surface area contributed by atoms with Gasteiger partial charge in [-0.3, -0.25) is 0 Å². The van der Waals surface area contributed by atoms with E-state index in [1.807, 2.05) is 18.2 Å². The summed E-state index contributed by atoms with van der Waals surface area (Å²) in [4.78, 5) is 0. The lowest BCUT2D eigenvalue weighted by atomic mass is 10.1. The van der Waals surface area contributed by atoms with E-state index in [2.05, 4.69) is 48.0 Å². The van der Waals surface area contributed by atoms with Crippen molar-refractivity contribution >= 4 is 15.9 Å². The third kappa shape index (κ3) is 3.82. The second-order valence-electron chi connectivity index (χ2n) is 4.74. The Bertz CT molecular complexity index is 561. The molecule has 0 atom stereocenters. The Morgan fingerprint density at radius 2 is 1.74 bits per heavy atom. The van der Waals surface area contributed by atoms with Crippen LogP contribution >= 0.6 is 15.9 Å². The molecule has 3 heteroatoms. The van der Waals surface area contributed by atoms with Crippen LogP contribution in [0.1, 0.15) is 22.3 Å². The van der Waals surface area contributed by atoms with Crippen molar-refractivity contribution in [3.63, 3.8) is 0 Å². The number of halogens is 1. The van der Waals surface area contributed by atoms with E-state index in [1.165, 1.54) is 16.7 Å². The monoisotopic (exact) mass is 319 g/mol. The van der Waals surface area contributed by atoms with Crippen LogP contribution in [-0.4, -0.2) is 0 Å². The quantitative estimate of drug-likeness (QED) is 0.920. The van der Waals surface area contributed by atoms with E-state index in [1.54, 1.807) is 0 Å². The van der Waals surface area contributed by atoms with Crippen molar-refractivity contribution in [2.24, 2.45) is 5.73 Å². The average Bonchev–Trinajstić information content (AvgIpc) is 2.36. The second-order valence-corrected chi connectivity index (χ2v) is 5.60. The molecule has 0 aliphatic carbocycles. The van der Waals surface area contributed by atoms with Crippen molar-refractivity contribution in [3.05, 3.63) is 63.1 Å². The maximum Gasteiger partial charge on any atom is 0.120 e. The number of hydrogen-bond acceptors (Lipinski definition) is 2. The third-order valence-electron chi connectivity index (χ3n) is 2.92. The molecule has 0 bridgehead atoms. The summed E-state index contributed by atoms with van der Waals surface area (Å²) >= 11 is 3.47. The lowest BCUT2D eigenvalue weighted by Gasteiger charge is -2.10. The van der Waals surface area contributed by atoms with E-state index < -0.39 is 0 Å². The van der Waals surface area contributed by atoms with Crippen LogP contribution in [0.2, 0.25) is 0 Å². The fourth-order valence-corrected chi connectivity index (χ4v) is 2.52. The van der Waals surface area contributed by atoms with Gasteiger partial charge in [-0.05, 0) is 43.2 Å². The van der Waals surface area contributed by atoms with Gasteiger partial charge in [-0.25, -0.2) is 0 Å². The van der Waals surface area contributed by atoms with Crippen molar-refractivity contribution in [3.8, 4) is 5.75 Å². The summed E-state index contributed by atoms with van der Waals surface area (Å²) in [6, 6.07) is 12.4. The highest BCUT2D eigenvalue weighted by Crippen LogP contribution is 2.23. The van der Waals surface area contributed by atoms with Gasteiger partial charge < -0.3 is 10.5 Å². The predicted octanol–water partition coefficient (Wildman–Crippen LogP) is 4.10. The number of ether oxygens (including phenoxy) is 1. The van der Waals surface area contributed by atoms with E-state index in [0.29, 0.717) is 13.2 Å². The minimum absolute atomic E-state index is 0.501. The first-order chi connectivity index (χ1) is 9.08. The van der Waals surface area contributed by atoms with Crippen LogP contribution < -0.4 is 10.5 Å². The second kappa shape index (κ2) is 6.22. The molecule has 2 rings (SSSR count). The Morgan fingerprint density at radius 3 is 2.37 bits per heavy atom. The number of benzene rings is 2. The fourth-order valence-electron chi connectivity index (χ4n) is 2.12. The summed E-state index contributed by atoms with van der Waals surface area (Å²) < 4.78 is 6.85. The van der Waals surface area contributed by atoms with Crippen LogP contribution in [0.5, 0.6) is 5.75 Å². The normalized spacial score (nSPS) is 10.5. The first kappa shape index (κ1) is 14.1. The number of aryl methyl sites for hydroxylation is 2. The van der Waals surface area contributed by atoms with E-state index >= 15 is 0 Å². The number of hydrogen-bond donors (Lipinski definition) is 1. The van der Waals surface area contributed by atoms with Crippen LogP contribution in [0.3, 0.4) is 0 Å². The summed E-state index contributed by atoms with van der Waals surface area (Å²) in [6.45, 7) is 5.28. The van der Waals surface area contributed by atoms with E-state index in [-0.39, 0.29) is 0 Å². The molecular weight excluding hydrogens is 302 g/mol. The molecule has 100 valence electrons. The fraction of sp³-hybridized carbons (Fsp3) is 0.250. The molecule has 0 saturated carbocycles. The Morgan fingerprint density at radius 1 is 1.05 bits per heavy atom. The zero-order valence-corrected chi connectivity index (χ0v) is 12.8. The van der Waals surface area contributed by atoms with Gasteiger partial charge in [-0.2, -0.15) is 0 Å². The average molecular weight is 320 g/mol. The first-order valence-corrected chi connectivity index (χ1v) is 7.06. The van der Waals surface area contributed by atoms with Gasteiger partial charge in [0.05, 0.1) is 0 Å². The van der Waals surface area contributed by atoms with Gasteiger partial charge >= 0.3 is 0 Å². The Hall–Kier alpha value is -1.32. The van der Waals surface area contributed by atoms with Gasteiger partial charge in [-0.15, -0.1) is 0 Å². The van der Waals surface area contributed by atoms with Crippen LogP contribution in [0.15, 0.2) is 40.9 Å². The van der Waals surface area contributed by atoms with Crippen molar-refractivity contribution in [2.75, 3.05) is 0 Å². The predicted molar refractivity (Wildman–Crippen MR) is 82.3 cm³/mol. The van der Waals surface area contributed by atoms with Gasteiger partial charge in [0.2, 0.25) is 0 Å². The molecule has 0 radical (unpaired) electrons. The third-order valence-corrected chi connectivity index (χ3v) is 3.70. The minimum atomic E-state index is 0.501. The van der Waals surface area contributed by atoms with Crippen LogP contribution in [0.4, 0.5) is 0 Å². The highest BCUT2D eigenvalue weighted by Gasteiger charge is 2.02. The molecule has 0 heterocycles. The van der Waals surface area contributed by atoms with Gasteiger partial charge in [0, 0.05) is 11.0 Å². The van der Waals surface area contributed by atoms with Crippen molar-refractivity contribution in [2.45, 2.75) is 27.0 Å². The standard InChI is InChI=1S/C16H18BrNO/c1-11-5-12(2)7-13(6-11)10-19-15-3-4-16(17)14(8-15)9-18/h3-8H,9-10,18H2,1-2H3. The maximum absolute atomic E-state index is 5.82. The molecule has 2 N–H and O–H groups in total. The maximum atomic E-state index is 5.82. The molecule has 0 aliphatic rings. The summed E-state index contributed by atoms with van der Waals surface area (Å²) in [6.07, 6.45) is 0. The van der Waals surface area contributed by atoms with Crippen molar-refractivity contribution < 1.29 is 4.74 Å². The van der Waals surface area contributed by atoms with Crippen LogP contribution in [-0.2, 0) is 13.2 Å². The van der Waals surface area contributed by atoms with Gasteiger partial charge in [-0.1, -0.05) is 45.3 Å². The molecule has 0 unspecified atom stereocenters. The van der Waals surface area contributed by atoms with E-state index in [9.17, 15) is 0 Å². The molecular formula is C16H18BrNO. The summed E-state index contributed by atoms with van der Waals surface area (Å²) in [5.74, 6) is 0.850. The molecule has 0 aromatic heterocycles. The Kier molecular flexibility index (Phi) is 4.61. The highest BCUT2D eigenvalue weighted by atomic mass is 79.9. The lowest BCUT2D eigenvalue weighted by Crippen LogP contribution is -2.00. The van der Waals surface area contributed by atoms with Crippen molar-refractivity contribution in [1.82, 2.24) is 0 Å². The molecule has 2 nitrogen and oxygen atoms in total. The minimum Gasteiger partial charge on any atom is -0.489 e. The largest absolute Gasteiger partial charge is 0.489 e. The molecule has 2 aromatic rings. The summed E-state index contributed by atoms with van der Waals surface area (Å²) in [5.41, 5.74) is 10.4. The molecule has 0 amide bonds. The molecule has 2 aromatic carbocycles. The highest BCUT2D eigenvalue weighted by molar-refractivity contribution is 9.10. The lowest BCUT2D eigenvalue weighted by molar-refractivity contribution is 0.305. The summed E-state index contributed by atoms with van der Waals surface area (Å²) in [7, 11) is 0. The topological polar surface area (TPSA) is 35.2 Å². The Balaban J connectivity index is 2.10. The Labute approximate surface area is 122 Å². The molecule has 19 heavy (non-hydrogen) atoms. The molecule has 0 saturated heterocycles. The van der Waals surface area contributed by atoms with Gasteiger partial charge in [0.15, 0.2) is 0 Å². The van der Waals surface area contributed by atoms with E-state index in [4.69, 9.17) is 10.5 Å². The number of nitrogens with two attached hydrogens (primary N) is 1. The SMILES string of the molecule is Cc1cc(C)cc(COc2ccc(Br)c(CN)c2)c1. The van der Waals surface area contributed by atoms with Gasteiger partial charge in [0.1, 0.15) is 12.4 Å². The summed E-state index contributed by atoms with van der Waals surface area (Å²) in [5, 5.41) is 0. The van der Waals surface area contributed by atoms with Crippen LogP contribution in [0.25, 0.3) is 0 Å². The van der Waals surface area contributed by atoms with E-state index in [0.717, 1.165) is 15.8 Å².